The van der Waals surface area contributed by atoms with E-state index >= 15 is 0 Å². The molecule has 1 aromatic rings. The molecule has 0 saturated carbocycles. The van der Waals surface area contributed by atoms with Gasteiger partial charge in [-0.2, -0.15) is 0 Å². The van der Waals surface area contributed by atoms with Crippen LogP contribution < -0.4 is 4.74 Å². The third-order valence-corrected chi connectivity index (χ3v) is 2.46. The molecule has 1 rings (SSSR count). The average Bonchev–Trinajstić information content (AvgIpc) is 2.48. The zero-order chi connectivity index (χ0) is 14.6. The van der Waals surface area contributed by atoms with E-state index in [4.69, 9.17) is 19.3 Å². The van der Waals surface area contributed by atoms with Crippen LogP contribution in [-0.4, -0.2) is 44.2 Å². The molecule has 1 unspecified atom stereocenters. The van der Waals surface area contributed by atoms with Gasteiger partial charge < -0.3 is 19.3 Å². The van der Waals surface area contributed by atoms with E-state index in [0.717, 1.165) is 11.3 Å². The van der Waals surface area contributed by atoms with Crippen molar-refractivity contribution in [3.05, 3.63) is 29.8 Å². The largest absolute Gasteiger partial charge is 0.491 e. The molecule has 0 saturated heterocycles. The Morgan fingerprint density at radius 2 is 2.15 bits per heavy atom. The highest BCUT2D eigenvalue weighted by molar-refractivity contribution is 5.39. The van der Waals surface area contributed by atoms with Crippen LogP contribution in [0.5, 0.6) is 5.75 Å². The molecule has 0 fully saturated rings. The van der Waals surface area contributed by atoms with Gasteiger partial charge in [0.2, 0.25) is 0 Å². The lowest BCUT2D eigenvalue weighted by Crippen LogP contribution is -2.19. The van der Waals surface area contributed by atoms with Gasteiger partial charge in [-0.25, -0.2) is 0 Å². The van der Waals surface area contributed by atoms with Gasteiger partial charge in [0.1, 0.15) is 19.0 Å². The van der Waals surface area contributed by atoms with Gasteiger partial charge in [0, 0.05) is 12.2 Å². The van der Waals surface area contributed by atoms with Gasteiger partial charge in [0.25, 0.3) is 0 Å². The monoisotopic (exact) mass is 278 g/mol. The number of benzene rings is 1. The molecule has 0 aliphatic carbocycles. The van der Waals surface area contributed by atoms with Crippen molar-refractivity contribution in [3.8, 4) is 17.6 Å². The van der Waals surface area contributed by atoms with E-state index in [0.29, 0.717) is 26.4 Å². The number of aliphatic hydroxyl groups is 1. The Hall–Kier alpha value is -1.54. The highest BCUT2D eigenvalue weighted by atomic mass is 16.5. The average molecular weight is 278 g/mol. The Bertz CT molecular complexity index is 434. The van der Waals surface area contributed by atoms with E-state index in [9.17, 15) is 0 Å². The van der Waals surface area contributed by atoms with E-state index in [2.05, 4.69) is 11.8 Å². The van der Waals surface area contributed by atoms with Gasteiger partial charge in [-0.15, -0.1) is 0 Å². The molecule has 0 amide bonds. The summed E-state index contributed by atoms with van der Waals surface area (Å²) in [6.45, 7) is 6.09. The van der Waals surface area contributed by atoms with Gasteiger partial charge in [-0.3, -0.25) is 0 Å². The summed E-state index contributed by atoms with van der Waals surface area (Å²) in [7, 11) is 0. The number of aliphatic hydroxyl groups excluding tert-OH is 1. The maximum Gasteiger partial charge on any atom is 0.120 e. The summed E-state index contributed by atoms with van der Waals surface area (Å²) in [5, 5.41) is 8.65. The minimum atomic E-state index is -0.142. The number of rotatable bonds is 8. The van der Waals surface area contributed by atoms with Crippen LogP contribution in [0.4, 0.5) is 0 Å². The van der Waals surface area contributed by atoms with Crippen molar-refractivity contribution in [2.24, 2.45) is 0 Å². The highest BCUT2D eigenvalue weighted by Gasteiger charge is 2.01. The normalized spacial score (nSPS) is 11.6. The predicted octanol–water partition coefficient (Wildman–Crippen LogP) is 1.85. The lowest BCUT2D eigenvalue weighted by molar-refractivity contribution is -0.0128. The zero-order valence-corrected chi connectivity index (χ0v) is 12.1. The van der Waals surface area contributed by atoms with E-state index in [1.54, 1.807) is 0 Å². The first-order valence-corrected chi connectivity index (χ1v) is 6.78. The Morgan fingerprint density at radius 3 is 2.90 bits per heavy atom. The van der Waals surface area contributed by atoms with Crippen LogP contribution in [0.2, 0.25) is 0 Å². The first kappa shape index (κ1) is 16.5. The molecule has 0 radical (unpaired) electrons. The van der Waals surface area contributed by atoms with Gasteiger partial charge in [0.15, 0.2) is 0 Å². The highest BCUT2D eigenvalue weighted by Crippen LogP contribution is 2.12. The Kier molecular flexibility index (Phi) is 8.48. The van der Waals surface area contributed by atoms with E-state index in [1.165, 1.54) is 0 Å². The van der Waals surface area contributed by atoms with Crippen molar-refractivity contribution in [2.75, 3.05) is 33.0 Å². The molecule has 0 aliphatic heterocycles. The van der Waals surface area contributed by atoms with Gasteiger partial charge in [0.05, 0.1) is 19.3 Å². The molecule has 0 spiro atoms. The van der Waals surface area contributed by atoms with Crippen LogP contribution in [0.15, 0.2) is 24.3 Å². The molecular formula is C16H22O4. The summed E-state index contributed by atoms with van der Waals surface area (Å²) in [6, 6.07) is 7.45. The third-order valence-electron chi connectivity index (χ3n) is 2.46. The minimum absolute atomic E-state index is 0.0697. The molecule has 1 N–H and O–H groups in total. The Balaban J connectivity index is 2.28. The predicted molar refractivity (Wildman–Crippen MR) is 77.8 cm³/mol. The molecule has 1 aromatic carbocycles. The molecule has 20 heavy (non-hydrogen) atoms. The van der Waals surface area contributed by atoms with Crippen LogP contribution in [0.25, 0.3) is 0 Å². The summed E-state index contributed by atoms with van der Waals surface area (Å²) >= 11 is 0. The molecule has 110 valence electrons. The second-order valence-electron chi connectivity index (χ2n) is 4.18. The van der Waals surface area contributed by atoms with Crippen molar-refractivity contribution >= 4 is 0 Å². The minimum Gasteiger partial charge on any atom is -0.491 e. The summed E-state index contributed by atoms with van der Waals surface area (Å²) in [4.78, 5) is 0. The van der Waals surface area contributed by atoms with Crippen LogP contribution >= 0.6 is 0 Å². The molecule has 0 aliphatic rings. The van der Waals surface area contributed by atoms with Gasteiger partial charge in [-0.1, -0.05) is 17.9 Å². The summed E-state index contributed by atoms with van der Waals surface area (Å²) < 4.78 is 16.4. The molecule has 0 heterocycles. The fourth-order valence-corrected chi connectivity index (χ4v) is 1.55. The van der Waals surface area contributed by atoms with Crippen LogP contribution in [-0.2, 0) is 9.47 Å². The number of hydrogen-bond acceptors (Lipinski definition) is 4. The second-order valence-corrected chi connectivity index (χ2v) is 4.18. The second kappa shape index (κ2) is 10.3. The quantitative estimate of drug-likeness (QED) is 0.582. The van der Waals surface area contributed by atoms with Gasteiger partial charge in [-0.05, 0) is 32.0 Å². The van der Waals surface area contributed by atoms with E-state index < -0.39 is 0 Å². The molecule has 4 nitrogen and oxygen atoms in total. The molecular weight excluding hydrogens is 256 g/mol. The fraction of sp³-hybridized carbons (Fsp3) is 0.500. The Morgan fingerprint density at radius 1 is 1.30 bits per heavy atom. The SMILES string of the molecule is CCOCC(C)OCCOc1cccc(C#CCO)c1. The molecule has 0 aromatic heterocycles. The molecule has 0 bridgehead atoms. The smallest absolute Gasteiger partial charge is 0.120 e. The third kappa shape index (κ3) is 7.15. The first-order valence-electron chi connectivity index (χ1n) is 6.78. The van der Waals surface area contributed by atoms with Crippen LogP contribution in [0, 0.1) is 11.8 Å². The zero-order valence-electron chi connectivity index (χ0n) is 12.1. The van der Waals surface area contributed by atoms with Crippen LogP contribution in [0.3, 0.4) is 0 Å². The lowest BCUT2D eigenvalue weighted by Gasteiger charge is -2.13. The maximum absolute atomic E-state index is 8.65. The topological polar surface area (TPSA) is 47.9 Å². The van der Waals surface area contributed by atoms with Crippen LogP contribution in [0.1, 0.15) is 19.4 Å². The lowest BCUT2D eigenvalue weighted by atomic mass is 10.2. The summed E-state index contributed by atoms with van der Waals surface area (Å²) in [5.41, 5.74) is 0.821. The standard InChI is InChI=1S/C16H22O4/c1-3-18-13-14(2)19-10-11-20-16-8-4-6-15(12-16)7-5-9-17/h4,6,8,12,14,17H,3,9-11,13H2,1-2H3. The van der Waals surface area contributed by atoms with Crippen molar-refractivity contribution in [3.63, 3.8) is 0 Å². The number of ether oxygens (including phenoxy) is 3. The van der Waals surface area contributed by atoms with Crippen molar-refractivity contribution < 1.29 is 19.3 Å². The van der Waals surface area contributed by atoms with E-state index in [-0.39, 0.29) is 12.7 Å². The maximum atomic E-state index is 8.65. The first-order chi connectivity index (χ1) is 9.76. The fourth-order valence-electron chi connectivity index (χ4n) is 1.55. The van der Waals surface area contributed by atoms with Crippen molar-refractivity contribution in [2.45, 2.75) is 20.0 Å². The summed E-state index contributed by atoms with van der Waals surface area (Å²) in [5.74, 6) is 6.19. The van der Waals surface area contributed by atoms with Crippen molar-refractivity contribution in [1.82, 2.24) is 0 Å². The number of hydrogen-bond donors (Lipinski definition) is 1. The molecule has 1 atom stereocenters. The van der Waals surface area contributed by atoms with Gasteiger partial charge >= 0.3 is 0 Å². The van der Waals surface area contributed by atoms with Crippen molar-refractivity contribution in [1.29, 1.82) is 0 Å². The van der Waals surface area contributed by atoms with E-state index in [1.807, 2.05) is 38.1 Å². The molecule has 4 heteroatoms. The summed E-state index contributed by atoms with van der Waals surface area (Å²) in [6.07, 6.45) is 0.0697. The Labute approximate surface area is 120 Å².